The van der Waals surface area contributed by atoms with Gasteiger partial charge in [-0.15, -0.1) is 6.42 Å². The van der Waals surface area contributed by atoms with Crippen molar-refractivity contribution in [2.75, 3.05) is 11.9 Å². The van der Waals surface area contributed by atoms with Crippen LogP contribution in [0.5, 0.6) is 0 Å². The maximum atomic E-state index is 11.6. The summed E-state index contributed by atoms with van der Waals surface area (Å²) in [6, 6.07) is 6.45. The number of benzene rings is 1. The van der Waals surface area contributed by atoms with Gasteiger partial charge in [-0.25, -0.2) is 4.79 Å². The van der Waals surface area contributed by atoms with Gasteiger partial charge in [0.1, 0.15) is 0 Å². The van der Waals surface area contributed by atoms with Gasteiger partial charge in [0.05, 0.1) is 5.41 Å². The number of rotatable bonds is 4. The summed E-state index contributed by atoms with van der Waals surface area (Å²) in [7, 11) is 0. The first-order chi connectivity index (χ1) is 9.05. The molecule has 1 aliphatic rings. The van der Waals surface area contributed by atoms with Crippen molar-refractivity contribution in [1.82, 2.24) is 5.32 Å². The van der Waals surface area contributed by atoms with Gasteiger partial charge in [0.15, 0.2) is 0 Å². The smallest absolute Gasteiger partial charge is 0.319 e. The van der Waals surface area contributed by atoms with Crippen LogP contribution in [0.2, 0.25) is 0 Å². The molecule has 0 aromatic heterocycles. The molecule has 0 unspecified atom stereocenters. The molecule has 2 amide bonds. The van der Waals surface area contributed by atoms with E-state index in [-0.39, 0.29) is 6.54 Å². The summed E-state index contributed by atoms with van der Waals surface area (Å²) >= 11 is 0. The first-order valence-corrected chi connectivity index (χ1v) is 5.91. The predicted molar refractivity (Wildman–Crippen MR) is 70.7 cm³/mol. The van der Waals surface area contributed by atoms with Crippen molar-refractivity contribution < 1.29 is 14.7 Å². The minimum Gasteiger partial charge on any atom is -0.481 e. The van der Waals surface area contributed by atoms with Crippen molar-refractivity contribution in [2.45, 2.75) is 12.8 Å². The van der Waals surface area contributed by atoms with Crippen LogP contribution in [0.4, 0.5) is 10.5 Å². The van der Waals surface area contributed by atoms with E-state index in [2.05, 4.69) is 16.6 Å². The number of nitrogens with one attached hydrogen (secondary N) is 2. The highest BCUT2D eigenvalue weighted by atomic mass is 16.4. The number of carbonyl (C=O) groups is 2. The lowest BCUT2D eigenvalue weighted by atomic mass is 10.1. The number of terminal acetylenes is 1. The van der Waals surface area contributed by atoms with Crippen LogP contribution in [0.15, 0.2) is 24.3 Å². The van der Waals surface area contributed by atoms with Crippen molar-refractivity contribution in [1.29, 1.82) is 0 Å². The van der Waals surface area contributed by atoms with Crippen molar-refractivity contribution in [2.24, 2.45) is 5.41 Å². The highest BCUT2D eigenvalue weighted by Crippen LogP contribution is 2.45. The van der Waals surface area contributed by atoms with Gasteiger partial charge >= 0.3 is 12.0 Å². The summed E-state index contributed by atoms with van der Waals surface area (Å²) in [4.78, 5) is 22.6. The fourth-order valence-electron chi connectivity index (χ4n) is 1.73. The molecule has 2 rings (SSSR count). The molecule has 0 atom stereocenters. The summed E-state index contributed by atoms with van der Waals surface area (Å²) in [5.41, 5.74) is 0.480. The normalized spacial score (nSPS) is 15.1. The van der Waals surface area contributed by atoms with Gasteiger partial charge in [-0.1, -0.05) is 12.0 Å². The monoisotopic (exact) mass is 258 g/mol. The van der Waals surface area contributed by atoms with E-state index in [1.165, 1.54) is 0 Å². The Morgan fingerprint density at radius 3 is 2.74 bits per heavy atom. The van der Waals surface area contributed by atoms with E-state index >= 15 is 0 Å². The molecule has 0 bridgehead atoms. The minimum absolute atomic E-state index is 0.142. The third kappa shape index (κ3) is 3.05. The molecule has 0 saturated heterocycles. The van der Waals surface area contributed by atoms with Crippen molar-refractivity contribution in [3.8, 4) is 12.3 Å². The van der Waals surface area contributed by atoms with Gasteiger partial charge < -0.3 is 15.7 Å². The average Bonchev–Trinajstić information content (AvgIpc) is 3.18. The first kappa shape index (κ1) is 13.0. The number of amides is 2. The topological polar surface area (TPSA) is 78.4 Å². The lowest BCUT2D eigenvalue weighted by Gasteiger charge is -2.12. The number of hydrogen-bond acceptors (Lipinski definition) is 2. The molecular formula is C14H14N2O3. The minimum atomic E-state index is -0.859. The van der Waals surface area contributed by atoms with Crippen molar-refractivity contribution >= 4 is 17.7 Å². The Morgan fingerprint density at radius 1 is 1.42 bits per heavy atom. The fraction of sp³-hybridized carbons (Fsp3) is 0.286. The van der Waals surface area contributed by atoms with Crippen molar-refractivity contribution in [3.05, 3.63) is 29.8 Å². The van der Waals surface area contributed by atoms with Gasteiger partial charge in [0.2, 0.25) is 0 Å². The zero-order valence-corrected chi connectivity index (χ0v) is 10.3. The van der Waals surface area contributed by atoms with E-state index in [4.69, 9.17) is 11.5 Å². The number of carboxylic acids is 1. The molecule has 1 fully saturated rings. The summed E-state index contributed by atoms with van der Waals surface area (Å²) in [6.45, 7) is 0.142. The zero-order valence-electron chi connectivity index (χ0n) is 10.3. The molecule has 1 aromatic rings. The van der Waals surface area contributed by atoms with Crippen molar-refractivity contribution in [3.63, 3.8) is 0 Å². The molecule has 1 saturated carbocycles. The molecule has 19 heavy (non-hydrogen) atoms. The standard InChI is InChI=1S/C14H14N2O3/c1-2-10-4-3-5-11(8-10)16-13(19)15-9-14(6-7-14)12(17)18/h1,3-5,8H,6-7,9H2,(H,17,18)(H2,15,16,19). The molecule has 0 heterocycles. The van der Waals surface area contributed by atoms with Crippen LogP contribution in [0.25, 0.3) is 0 Å². The Balaban J connectivity index is 1.88. The average molecular weight is 258 g/mol. The maximum Gasteiger partial charge on any atom is 0.319 e. The van der Waals surface area contributed by atoms with Crippen LogP contribution in [-0.2, 0) is 4.79 Å². The van der Waals surface area contributed by atoms with Crippen LogP contribution in [0.1, 0.15) is 18.4 Å². The highest BCUT2D eigenvalue weighted by molar-refractivity contribution is 5.90. The molecule has 98 valence electrons. The van der Waals surface area contributed by atoms with E-state index in [0.29, 0.717) is 24.1 Å². The molecule has 3 N–H and O–H groups in total. The number of anilines is 1. The number of aliphatic carboxylic acids is 1. The molecule has 1 aliphatic carbocycles. The summed E-state index contributed by atoms with van der Waals surface area (Å²) in [5.74, 6) is 1.61. The number of carboxylic acid groups (broad SMARTS) is 1. The maximum absolute atomic E-state index is 11.6. The molecule has 0 aliphatic heterocycles. The Labute approximate surface area is 111 Å². The predicted octanol–water partition coefficient (Wildman–Crippen LogP) is 1.65. The SMILES string of the molecule is C#Cc1cccc(NC(=O)NCC2(C(=O)O)CC2)c1. The van der Waals surface area contributed by atoms with E-state index in [0.717, 1.165) is 0 Å². The Bertz CT molecular complexity index is 556. The van der Waals surface area contributed by atoms with Crippen LogP contribution in [0, 0.1) is 17.8 Å². The van der Waals surface area contributed by atoms with Crippen LogP contribution in [-0.4, -0.2) is 23.7 Å². The lowest BCUT2D eigenvalue weighted by Crippen LogP contribution is -2.36. The van der Waals surface area contributed by atoms with Crippen LogP contribution >= 0.6 is 0 Å². The summed E-state index contributed by atoms with van der Waals surface area (Å²) in [6.07, 6.45) is 6.48. The van der Waals surface area contributed by atoms with Gasteiger partial charge in [0.25, 0.3) is 0 Å². The molecular weight excluding hydrogens is 244 g/mol. The summed E-state index contributed by atoms with van der Waals surface area (Å²) in [5, 5.41) is 14.2. The van der Waals surface area contributed by atoms with Crippen LogP contribution in [0.3, 0.4) is 0 Å². The molecule has 5 heteroatoms. The van der Waals surface area contributed by atoms with Gasteiger partial charge in [-0.2, -0.15) is 0 Å². The molecule has 5 nitrogen and oxygen atoms in total. The molecule has 0 spiro atoms. The molecule has 1 aromatic carbocycles. The second kappa shape index (κ2) is 5.02. The van der Waals surface area contributed by atoms with Gasteiger partial charge in [0, 0.05) is 17.8 Å². The van der Waals surface area contributed by atoms with Gasteiger partial charge in [-0.3, -0.25) is 4.79 Å². The highest BCUT2D eigenvalue weighted by Gasteiger charge is 2.50. The number of urea groups is 1. The fourth-order valence-corrected chi connectivity index (χ4v) is 1.73. The number of carbonyl (C=O) groups excluding carboxylic acids is 1. The van der Waals surface area contributed by atoms with E-state index in [9.17, 15) is 9.59 Å². The van der Waals surface area contributed by atoms with Gasteiger partial charge in [-0.05, 0) is 31.0 Å². The zero-order chi connectivity index (χ0) is 13.9. The van der Waals surface area contributed by atoms with Crippen LogP contribution < -0.4 is 10.6 Å². The Hall–Kier alpha value is -2.48. The Morgan fingerprint density at radius 2 is 2.16 bits per heavy atom. The Kier molecular flexibility index (Phi) is 3.43. The summed E-state index contributed by atoms with van der Waals surface area (Å²) < 4.78 is 0. The molecule has 0 radical (unpaired) electrons. The van der Waals surface area contributed by atoms with E-state index < -0.39 is 17.4 Å². The first-order valence-electron chi connectivity index (χ1n) is 5.91. The quantitative estimate of drug-likeness (QED) is 0.718. The number of hydrogen-bond donors (Lipinski definition) is 3. The second-order valence-electron chi connectivity index (χ2n) is 4.62. The lowest BCUT2D eigenvalue weighted by molar-refractivity contribution is -0.143. The largest absolute Gasteiger partial charge is 0.481 e. The second-order valence-corrected chi connectivity index (χ2v) is 4.62. The third-order valence-corrected chi connectivity index (χ3v) is 3.18. The third-order valence-electron chi connectivity index (χ3n) is 3.18. The van der Waals surface area contributed by atoms with E-state index in [1.807, 2.05) is 0 Å². The van der Waals surface area contributed by atoms with E-state index in [1.54, 1.807) is 24.3 Å².